The molecule has 0 atom stereocenters. The predicted molar refractivity (Wildman–Crippen MR) is 83.7 cm³/mol. The number of carbonyl (C=O) groups excluding carboxylic acids is 2. The summed E-state index contributed by atoms with van der Waals surface area (Å²) in [4.78, 5) is 23.9. The molecule has 0 saturated carbocycles. The molecule has 2 N–H and O–H groups in total. The zero-order valence-electron chi connectivity index (χ0n) is 12.4. The summed E-state index contributed by atoms with van der Waals surface area (Å²) < 4.78 is 0. The van der Waals surface area contributed by atoms with Crippen molar-refractivity contribution in [3.63, 3.8) is 0 Å². The molecule has 0 fully saturated rings. The van der Waals surface area contributed by atoms with Gasteiger partial charge in [-0.15, -0.1) is 0 Å². The van der Waals surface area contributed by atoms with E-state index in [0.29, 0.717) is 16.8 Å². The smallest absolute Gasteiger partial charge is 0.255 e. The van der Waals surface area contributed by atoms with Gasteiger partial charge in [0.05, 0.1) is 0 Å². The van der Waals surface area contributed by atoms with Crippen LogP contribution in [0.25, 0.3) is 0 Å². The van der Waals surface area contributed by atoms with Crippen LogP contribution in [-0.4, -0.2) is 18.9 Å². The Hall–Kier alpha value is -2.62. The lowest BCUT2D eigenvalue weighted by Crippen LogP contribution is -2.18. The van der Waals surface area contributed by atoms with Gasteiger partial charge in [0.1, 0.15) is 0 Å². The fourth-order valence-electron chi connectivity index (χ4n) is 2.06. The summed E-state index contributed by atoms with van der Waals surface area (Å²) in [7, 11) is 1.57. The van der Waals surface area contributed by atoms with Gasteiger partial charge in [-0.3, -0.25) is 9.59 Å². The Bertz CT molecular complexity index is 693. The van der Waals surface area contributed by atoms with Crippen LogP contribution in [0, 0.1) is 13.8 Å². The number of hydrogen-bond acceptors (Lipinski definition) is 2. The lowest BCUT2D eigenvalue weighted by Gasteiger charge is -2.09. The normalized spacial score (nSPS) is 10.0. The summed E-state index contributed by atoms with van der Waals surface area (Å²) in [5.41, 5.74) is 3.70. The average molecular weight is 282 g/mol. The zero-order valence-corrected chi connectivity index (χ0v) is 12.4. The van der Waals surface area contributed by atoms with Gasteiger partial charge in [-0.25, -0.2) is 0 Å². The Balaban J connectivity index is 2.23. The SMILES string of the molecule is CNC(=O)c1cccc(NC(=O)c2cc(C)ccc2C)c1. The number of nitrogens with one attached hydrogen (secondary N) is 2. The third kappa shape index (κ3) is 3.48. The molecule has 0 spiro atoms. The van der Waals surface area contributed by atoms with Gasteiger partial charge in [0.2, 0.25) is 0 Å². The van der Waals surface area contributed by atoms with Crippen LogP contribution in [0.15, 0.2) is 42.5 Å². The summed E-state index contributed by atoms with van der Waals surface area (Å²) in [6.45, 7) is 3.84. The van der Waals surface area contributed by atoms with Crippen molar-refractivity contribution in [3.05, 3.63) is 64.7 Å². The highest BCUT2D eigenvalue weighted by molar-refractivity contribution is 6.06. The van der Waals surface area contributed by atoms with Crippen LogP contribution in [0.1, 0.15) is 31.8 Å². The highest BCUT2D eigenvalue weighted by Gasteiger charge is 2.10. The molecule has 0 heterocycles. The molecular formula is C17H18N2O2. The van der Waals surface area contributed by atoms with Crippen LogP contribution >= 0.6 is 0 Å². The first kappa shape index (κ1) is 14.8. The molecule has 0 aliphatic carbocycles. The van der Waals surface area contributed by atoms with Crippen molar-refractivity contribution in [1.29, 1.82) is 0 Å². The first-order valence-electron chi connectivity index (χ1n) is 6.72. The van der Waals surface area contributed by atoms with Gasteiger partial charge >= 0.3 is 0 Å². The first-order chi connectivity index (χ1) is 10.0. The zero-order chi connectivity index (χ0) is 15.4. The summed E-state index contributed by atoms with van der Waals surface area (Å²) in [5, 5.41) is 5.39. The summed E-state index contributed by atoms with van der Waals surface area (Å²) in [6.07, 6.45) is 0. The van der Waals surface area contributed by atoms with Gasteiger partial charge in [-0.2, -0.15) is 0 Å². The molecular weight excluding hydrogens is 264 g/mol. The number of rotatable bonds is 3. The molecule has 0 aromatic heterocycles. The van der Waals surface area contributed by atoms with Gasteiger partial charge in [-0.05, 0) is 43.7 Å². The highest BCUT2D eigenvalue weighted by atomic mass is 16.2. The Morgan fingerprint density at radius 2 is 1.71 bits per heavy atom. The van der Waals surface area contributed by atoms with Crippen molar-refractivity contribution < 1.29 is 9.59 Å². The first-order valence-corrected chi connectivity index (χ1v) is 6.72. The number of carbonyl (C=O) groups is 2. The minimum atomic E-state index is -0.183. The number of amides is 2. The van der Waals surface area contributed by atoms with Crippen LogP contribution in [-0.2, 0) is 0 Å². The minimum absolute atomic E-state index is 0.176. The fourth-order valence-corrected chi connectivity index (χ4v) is 2.06. The van der Waals surface area contributed by atoms with Crippen LogP contribution in [0.5, 0.6) is 0 Å². The van der Waals surface area contributed by atoms with Crippen molar-refractivity contribution >= 4 is 17.5 Å². The molecule has 0 aliphatic heterocycles. The van der Waals surface area contributed by atoms with Crippen LogP contribution in [0.4, 0.5) is 5.69 Å². The Morgan fingerprint density at radius 1 is 0.952 bits per heavy atom. The molecule has 21 heavy (non-hydrogen) atoms. The van der Waals surface area contributed by atoms with E-state index in [-0.39, 0.29) is 11.8 Å². The average Bonchev–Trinajstić information content (AvgIpc) is 2.49. The fraction of sp³-hybridized carbons (Fsp3) is 0.176. The molecule has 0 aliphatic rings. The van der Waals surface area contributed by atoms with Gasteiger partial charge in [0.15, 0.2) is 0 Å². The van der Waals surface area contributed by atoms with Crippen LogP contribution in [0.2, 0.25) is 0 Å². The number of benzene rings is 2. The Labute approximate surface area is 124 Å². The second-order valence-electron chi connectivity index (χ2n) is 4.93. The third-order valence-corrected chi connectivity index (χ3v) is 3.25. The van der Waals surface area contributed by atoms with Gasteiger partial charge in [0.25, 0.3) is 11.8 Å². The van der Waals surface area contributed by atoms with Crippen molar-refractivity contribution in [2.24, 2.45) is 0 Å². The largest absolute Gasteiger partial charge is 0.355 e. The van der Waals surface area contributed by atoms with Crippen molar-refractivity contribution in [1.82, 2.24) is 5.32 Å². The summed E-state index contributed by atoms with van der Waals surface area (Å²) in [6, 6.07) is 12.6. The van der Waals surface area contributed by atoms with Crippen molar-refractivity contribution in [2.75, 3.05) is 12.4 Å². The Kier molecular flexibility index (Phi) is 4.38. The van der Waals surface area contributed by atoms with E-state index < -0.39 is 0 Å². The van der Waals surface area contributed by atoms with E-state index in [1.165, 1.54) is 0 Å². The van der Waals surface area contributed by atoms with Gasteiger partial charge in [0, 0.05) is 23.9 Å². The lowest BCUT2D eigenvalue weighted by atomic mass is 10.0. The number of aryl methyl sites for hydroxylation is 2. The predicted octanol–water partition coefficient (Wildman–Crippen LogP) is 2.92. The van der Waals surface area contributed by atoms with E-state index in [1.807, 2.05) is 32.0 Å². The van der Waals surface area contributed by atoms with E-state index in [2.05, 4.69) is 10.6 Å². The van der Waals surface area contributed by atoms with E-state index in [9.17, 15) is 9.59 Å². The number of anilines is 1. The van der Waals surface area contributed by atoms with E-state index in [1.54, 1.807) is 31.3 Å². The Morgan fingerprint density at radius 3 is 2.43 bits per heavy atom. The van der Waals surface area contributed by atoms with E-state index >= 15 is 0 Å². The van der Waals surface area contributed by atoms with Crippen molar-refractivity contribution in [3.8, 4) is 0 Å². The molecule has 2 amide bonds. The summed E-state index contributed by atoms with van der Waals surface area (Å²) in [5.74, 6) is -0.358. The van der Waals surface area contributed by atoms with Crippen LogP contribution in [0.3, 0.4) is 0 Å². The van der Waals surface area contributed by atoms with Crippen molar-refractivity contribution in [2.45, 2.75) is 13.8 Å². The van der Waals surface area contributed by atoms with E-state index in [4.69, 9.17) is 0 Å². The van der Waals surface area contributed by atoms with E-state index in [0.717, 1.165) is 11.1 Å². The molecule has 4 nitrogen and oxygen atoms in total. The molecule has 0 saturated heterocycles. The molecule has 2 aromatic rings. The quantitative estimate of drug-likeness (QED) is 0.909. The maximum atomic E-state index is 12.3. The second kappa shape index (κ2) is 6.22. The molecule has 0 radical (unpaired) electrons. The lowest BCUT2D eigenvalue weighted by molar-refractivity contribution is 0.0961. The molecule has 108 valence electrons. The maximum Gasteiger partial charge on any atom is 0.255 e. The summed E-state index contributed by atoms with van der Waals surface area (Å²) >= 11 is 0. The number of hydrogen-bond donors (Lipinski definition) is 2. The van der Waals surface area contributed by atoms with Gasteiger partial charge < -0.3 is 10.6 Å². The standard InChI is InChI=1S/C17H18N2O2/c1-11-7-8-12(2)15(9-11)17(21)19-14-6-4-5-13(10-14)16(20)18-3/h4-10H,1-3H3,(H,18,20)(H,19,21). The maximum absolute atomic E-state index is 12.3. The second-order valence-corrected chi connectivity index (χ2v) is 4.93. The van der Waals surface area contributed by atoms with Gasteiger partial charge in [-0.1, -0.05) is 23.8 Å². The van der Waals surface area contributed by atoms with Crippen LogP contribution < -0.4 is 10.6 Å². The highest BCUT2D eigenvalue weighted by Crippen LogP contribution is 2.15. The topological polar surface area (TPSA) is 58.2 Å². The molecule has 2 rings (SSSR count). The third-order valence-electron chi connectivity index (χ3n) is 3.25. The monoisotopic (exact) mass is 282 g/mol. The molecule has 0 unspecified atom stereocenters. The molecule has 0 bridgehead atoms. The molecule has 2 aromatic carbocycles. The molecule has 4 heteroatoms. The minimum Gasteiger partial charge on any atom is -0.355 e.